The fourth-order valence-electron chi connectivity index (χ4n) is 12.7. The Morgan fingerprint density at radius 3 is 1.20 bits per heavy atom. The summed E-state index contributed by atoms with van der Waals surface area (Å²) in [5, 5.41) is 0. The maximum Gasteiger partial charge on any atom is 0.212 e. The Kier molecular flexibility index (Phi) is 20.0. The van der Waals surface area contributed by atoms with E-state index < -0.39 is 20.8 Å². The third-order valence-electron chi connectivity index (χ3n) is 20.3. The summed E-state index contributed by atoms with van der Waals surface area (Å²) in [6.07, 6.45) is 15.6. The maximum absolute atomic E-state index is 7.83. The van der Waals surface area contributed by atoms with Gasteiger partial charge in [0.05, 0.1) is 11.4 Å². The van der Waals surface area contributed by atoms with Crippen LogP contribution in [0.5, 0.6) is 0 Å². The van der Waals surface area contributed by atoms with Crippen LogP contribution in [-0.2, 0) is 35.8 Å². The summed E-state index contributed by atoms with van der Waals surface area (Å²) >= 11 is 0. The summed E-state index contributed by atoms with van der Waals surface area (Å²) in [5.74, 6) is 0. The van der Waals surface area contributed by atoms with E-state index >= 15 is 0 Å². The normalized spacial score (nSPS) is 17.8. The summed E-state index contributed by atoms with van der Waals surface area (Å²) in [6.45, 7) is 40.0. The van der Waals surface area contributed by atoms with E-state index in [1.165, 1.54) is 65.7 Å². The fourth-order valence-corrected chi connectivity index (χ4v) is 12.7. The molecule has 3 aliphatic rings. The first-order valence-electron chi connectivity index (χ1n) is 38.8. The predicted molar refractivity (Wildman–Crippen MR) is 411 cm³/mol. The lowest BCUT2D eigenvalue weighted by Gasteiger charge is -2.32. The summed E-state index contributed by atoms with van der Waals surface area (Å²) in [6, 6.07) is 49.2. The number of benzene rings is 6. The third kappa shape index (κ3) is 16.9. The number of nitrogens with zero attached hydrogens (tertiary/aromatic N) is 8. The number of aromatic nitrogens is 2. The predicted octanol–water partition coefficient (Wildman–Crippen LogP) is 21.0. The molecule has 0 amide bonds. The molecule has 8 aromatic rings. The van der Waals surface area contributed by atoms with Gasteiger partial charge < -0.3 is 29.4 Å². The van der Waals surface area contributed by atoms with Crippen molar-refractivity contribution in [2.75, 3.05) is 40.6 Å². The van der Waals surface area contributed by atoms with E-state index in [2.05, 4.69) is 235 Å². The largest absolute Gasteiger partial charge is 0.359 e. The Morgan fingerprint density at radius 2 is 0.789 bits per heavy atom. The lowest BCUT2D eigenvalue weighted by Crippen LogP contribution is -2.37. The molecule has 5 heterocycles. The molecule has 506 valence electrons. The molecule has 0 saturated heterocycles. The van der Waals surface area contributed by atoms with Gasteiger partial charge in [0, 0.05) is 110 Å². The van der Waals surface area contributed by atoms with Crippen molar-refractivity contribution in [2.45, 2.75) is 212 Å². The van der Waals surface area contributed by atoms with Gasteiger partial charge in [0.2, 0.25) is 11.4 Å². The maximum atomic E-state index is 7.83. The van der Waals surface area contributed by atoms with Crippen molar-refractivity contribution in [1.82, 2.24) is 9.80 Å². The van der Waals surface area contributed by atoms with Gasteiger partial charge in [-0.2, -0.15) is 0 Å². The smallest absolute Gasteiger partial charge is 0.212 e. The van der Waals surface area contributed by atoms with Crippen LogP contribution < -0.4 is 28.7 Å². The topological polar surface area (TPSA) is 27.2 Å². The molecule has 2 aromatic heterocycles. The van der Waals surface area contributed by atoms with Gasteiger partial charge in [-0.15, -0.1) is 0 Å². The summed E-state index contributed by atoms with van der Waals surface area (Å²) in [7, 11) is 6.36. The fraction of sp³-hybridized carbons (Fsp3) is 0.425. The van der Waals surface area contributed by atoms with E-state index in [0.717, 1.165) is 70.0 Å². The van der Waals surface area contributed by atoms with Gasteiger partial charge in [-0.05, 0) is 191 Å². The molecule has 0 radical (unpaired) electrons. The number of fused-ring (bicyclic) bond motifs is 1. The molecule has 0 N–H and O–H groups in total. The number of para-hydroxylation sites is 5. The van der Waals surface area contributed by atoms with Gasteiger partial charge in [-0.25, -0.2) is 9.13 Å². The molecule has 0 bridgehead atoms. The highest BCUT2D eigenvalue weighted by molar-refractivity contribution is 5.84. The van der Waals surface area contributed by atoms with Crippen molar-refractivity contribution >= 4 is 28.4 Å². The van der Waals surface area contributed by atoms with Gasteiger partial charge in [0.25, 0.3) is 0 Å². The van der Waals surface area contributed by atoms with Crippen molar-refractivity contribution < 1.29 is 21.5 Å². The molecule has 6 aromatic carbocycles. The zero-order valence-corrected chi connectivity index (χ0v) is 62.3. The van der Waals surface area contributed by atoms with Crippen molar-refractivity contribution in [2.24, 2.45) is 14.1 Å². The quantitative estimate of drug-likeness (QED) is 0.120. The van der Waals surface area contributed by atoms with Gasteiger partial charge in [-0.1, -0.05) is 185 Å². The Bertz CT molecular complexity index is 4320. The molecule has 0 saturated carbocycles. The van der Waals surface area contributed by atoms with Crippen molar-refractivity contribution in [1.29, 1.82) is 0 Å². The molecular weight excluding hydrogens is 1160 g/mol. The van der Waals surface area contributed by atoms with Crippen LogP contribution in [-0.4, -0.2) is 49.3 Å². The highest BCUT2D eigenvalue weighted by atomic mass is 15.4. The van der Waals surface area contributed by atoms with Crippen LogP contribution in [0.3, 0.4) is 0 Å². The van der Waals surface area contributed by atoms with Crippen LogP contribution in [0.2, 0.25) is 0 Å². The average molecular weight is 1290 g/mol. The van der Waals surface area contributed by atoms with Gasteiger partial charge in [0.15, 0.2) is 12.4 Å². The number of rotatable bonds is 11. The lowest BCUT2D eigenvalue weighted by molar-refractivity contribution is -0.661. The van der Waals surface area contributed by atoms with Crippen LogP contribution in [0.4, 0.5) is 28.4 Å². The van der Waals surface area contributed by atoms with E-state index in [-0.39, 0.29) is 34.0 Å². The number of anilines is 5. The first-order chi connectivity index (χ1) is 48.2. The van der Waals surface area contributed by atoms with Crippen LogP contribution in [0.15, 0.2) is 183 Å². The van der Waals surface area contributed by atoms with Crippen molar-refractivity contribution in [3.05, 3.63) is 244 Å². The minimum absolute atomic E-state index is 0.0538. The average Bonchev–Trinajstić information content (AvgIpc) is 1.44. The van der Waals surface area contributed by atoms with Crippen molar-refractivity contribution in [3.8, 4) is 22.5 Å². The zero-order valence-electron chi connectivity index (χ0n) is 71.3. The molecule has 3 atom stereocenters. The standard InChI is InChI=1S/C24H36N.C23H34N.C16H18N2.2C12H16N2/c1-10-23(5,6)20-15-22(19-13-12-17(3)14-18(19)4)25(9)16-21(20)24(7,8)11-2;1-10-23(7,8)19-14-21(18-12-11-16(2)13-17(18)3)24(9)15-20(19)22(4,5)6;1-12-8-4-5-9-14(12)18-13(2)17(3)15-10-6-7-11-16(15)18;2*1-10-6-4-5-7-12(10)14-9-8-13(3)11(14)2/h12-16H,10-11H2,1-9H3;11-15H,10H2,1-9H3;4-11,13H,1-3H3;2*4-9,11H,1-3H3/q2*+1;;;/t;;13-;2*11-/m..000/s1/i;2D3;2*3D3;. The number of hydrogen-bond donors (Lipinski definition) is 0. The van der Waals surface area contributed by atoms with Gasteiger partial charge in [0.1, 0.15) is 32.6 Å². The van der Waals surface area contributed by atoms with Crippen LogP contribution in [0.1, 0.15) is 197 Å². The van der Waals surface area contributed by atoms with Gasteiger partial charge in [-0.3, -0.25) is 0 Å². The first kappa shape index (κ1) is 61.8. The van der Waals surface area contributed by atoms with Crippen LogP contribution in [0.25, 0.3) is 22.5 Å². The molecule has 95 heavy (non-hydrogen) atoms. The minimum atomic E-state index is -2.16. The molecule has 8 nitrogen and oxygen atoms in total. The Balaban J connectivity index is 0.000000185. The molecular formula is C87H120N8+2. The molecule has 0 fully saturated rings. The van der Waals surface area contributed by atoms with Crippen molar-refractivity contribution in [3.63, 3.8) is 0 Å². The Hall–Kier alpha value is -8.10. The second-order valence-electron chi connectivity index (χ2n) is 29.5. The number of aryl methyl sites for hydroxylation is 9. The Morgan fingerprint density at radius 1 is 0.400 bits per heavy atom. The second-order valence-corrected chi connectivity index (χ2v) is 29.5. The molecule has 0 aliphatic carbocycles. The molecule has 0 spiro atoms. The molecule has 11 rings (SSSR count). The first-order valence-corrected chi connectivity index (χ1v) is 34.3. The lowest BCUT2D eigenvalue weighted by atomic mass is 9.71. The second kappa shape index (κ2) is 30.7. The SMILES string of the molecule is CCC(C)(C)c1cc(-c2ccc(C)cc2C)[n+](C)cc1C(C)(C)CC.Cc1ccccc1N1C=CN(C)[C@@H]1C.[2H]C([2H])([2H])N1C=CN(c2ccccc2C)[C@H]1C.[2H]C([2H])([2H])N1c2ccccc2N(c2ccccc2C)[C@H]1C.[2H]C([2H])([2H])c1ccc(-c2cc(C(C)(C)CC)c(C(C)(C)C)c[n+]2C)c(C)c1. The van der Waals surface area contributed by atoms with E-state index in [0.29, 0.717) is 11.7 Å². The Labute approximate surface area is 589 Å². The highest BCUT2D eigenvalue weighted by Gasteiger charge is 2.36. The molecule has 0 unspecified atom stereocenters. The van der Waals surface area contributed by atoms with E-state index in [1.54, 1.807) is 18.3 Å². The summed E-state index contributed by atoms with van der Waals surface area (Å²) in [5.41, 5.74) is 23.7. The highest BCUT2D eigenvalue weighted by Crippen LogP contribution is 2.45. The monoisotopic (exact) mass is 1290 g/mol. The van der Waals surface area contributed by atoms with Crippen LogP contribution >= 0.6 is 0 Å². The molecule has 3 aliphatic heterocycles. The number of pyridine rings is 2. The van der Waals surface area contributed by atoms with E-state index in [4.69, 9.17) is 12.3 Å². The molecule has 8 heteroatoms. The van der Waals surface area contributed by atoms with Crippen LogP contribution in [0, 0.1) is 48.4 Å². The van der Waals surface area contributed by atoms with Gasteiger partial charge >= 0.3 is 0 Å². The third-order valence-corrected chi connectivity index (χ3v) is 20.3. The summed E-state index contributed by atoms with van der Waals surface area (Å²) in [4.78, 5) is 11.5. The zero-order chi connectivity index (χ0) is 77.7. The van der Waals surface area contributed by atoms with E-state index in [1.807, 2.05) is 125 Å². The minimum Gasteiger partial charge on any atom is -0.359 e. The summed E-state index contributed by atoms with van der Waals surface area (Å²) < 4.78 is 73.3. The number of hydrogen-bond acceptors (Lipinski definition) is 6. The van der Waals surface area contributed by atoms with E-state index in [9.17, 15) is 0 Å².